The molecule has 0 radical (unpaired) electrons. The van der Waals surface area contributed by atoms with Crippen LogP contribution in [0.25, 0.3) is 0 Å². The maximum absolute atomic E-state index is 12.9. The van der Waals surface area contributed by atoms with Gasteiger partial charge in [-0.15, -0.1) is 0 Å². The highest BCUT2D eigenvalue weighted by molar-refractivity contribution is 6.32. The largest absolute Gasteiger partial charge is 0.449 e. The van der Waals surface area contributed by atoms with E-state index in [0.717, 1.165) is 49.9 Å². The third-order valence-corrected chi connectivity index (χ3v) is 7.46. The molecule has 29 heavy (non-hydrogen) atoms. The second-order valence-electron chi connectivity index (χ2n) is 9.56. The van der Waals surface area contributed by atoms with E-state index in [9.17, 15) is 9.59 Å². The molecular weight excluding hydrogens is 390 g/mol. The zero-order valence-electron chi connectivity index (χ0n) is 17.7. The van der Waals surface area contributed by atoms with Crippen molar-refractivity contribution in [3.05, 3.63) is 16.4 Å². The molecule has 1 atom stereocenters. The van der Waals surface area contributed by atoms with E-state index in [4.69, 9.17) is 16.3 Å². The Kier molecular flexibility index (Phi) is 5.66. The van der Waals surface area contributed by atoms with E-state index < -0.39 is 12.1 Å². The Labute approximate surface area is 177 Å². The predicted octanol–water partition coefficient (Wildman–Crippen LogP) is 4.28. The highest BCUT2D eigenvalue weighted by atomic mass is 35.5. The lowest BCUT2D eigenvalue weighted by molar-refractivity contribution is -0.134. The van der Waals surface area contributed by atoms with E-state index in [2.05, 4.69) is 17.3 Å². The molecule has 4 saturated carbocycles. The summed E-state index contributed by atoms with van der Waals surface area (Å²) in [5, 5.41) is 7.91. The van der Waals surface area contributed by atoms with Gasteiger partial charge in [-0.1, -0.05) is 24.9 Å². The molecule has 4 bridgehead atoms. The summed E-state index contributed by atoms with van der Waals surface area (Å²) in [6.07, 6.45) is 8.25. The van der Waals surface area contributed by atoms with Gasteiger partial charge in [-0.2, -0.15) is 5.10 Å². The summed E-state index contributed by atoms with van der Waals surface area (Å²) in [6.45, 7) is 6.12. The first kappa shape index (κ1) is 20.7. The number of hydrogen-bond donors (Lipinski definition) is 1. The van der Waals surface area contributed by atoms with Crippen molar-refractivity contribution in [2.45, 2.75) is 90.3 Å². The van der Waals surface area contributed by atoms with Gasteiger partial charge in [0, 0.05) is 12.1 Å². The van der Waals surface area contributed by atoms with Crippen LogP contribution in [0.4, 0.5) is 0 Å². The van der Waals surface area contributed by atoms with Gasteiger partial charge in [-0.3, -0.25) is 9.48 Å². The number of carbonyl (C=O) groups excluding carboxylic acids is 2. The summed E-state index contributed by atoms with van der Waals surface area (Å²) in [4.78, 5) is 25.6. The minimum atomic E-state index is -0.857. The molecule has 1 N–H and O–H groups in total. The molecule has 1 aromatic heterocycles. The molecule has 5 rings (SSSR count). The number of halogens is 1. The molecule has 0 aromatic carbocycles. The van der Waals surface area contributed by atoms with E-state index in [0.29, 0.717) is 12.2 Å². The SMILES string of the molecule is CCCCn1nc(C)c(C(=O)O[C@H](C)C(=O)NC23CC4CC(CC(C4)C2)C3)c1Cl. The van der Waals surface area contributed by atoms with Crippen molar-refractivity contribution in [3.63, 3.8) is 0 Å². The molecule has 160 valence electrons. The fraction of sp³-hybridized carbons (Fsp3) is 0.773. The molecule has 1 aromatic rings. The van der Waals surface area contributed by atoms with Crippen LogP contribution in [0.2, 0.25) is 5.15 Å². The van der Waals surface area contributed by atoms with Crippen molar-refractivity contribution in [1.29, 1.82) is 0 Å². The van der Waals surface area contributed by atoms with Gasteiger partial charge < -0.3 is 10.1 Å². The van der Waals surface area contributed by atoms with E-state index in [1.54, 1.807) is 18.5 Å². The summed E-state index contributed by atoms with van der Waals surface area (Å²) in [7, 11) is 0. The molecule has 4 aliphatic carbocycles. The van der Waals surface area contributed by atoms with E-state index >= 15 is 0 Å². The highest BCUT2D eigenvalue weighted by Crippen LogP contribution is 2.55. The number of aryl methyl sites for hydroxylation is 2. The monoisotopic (exact) mass is 421 g/mol. The van der Waals surface area contributed by atoms with Gasteiger partial charge in [0.1, 0.15) is 10.7 Å². The number of hydrogen-bond acceptors (Lipinski definition) is 4. The van der Waals surface area contributed by atoms with Crippen molar-refractivity contribution in [2.24, 2.45) is 17.8 Å². The van der Waals surface area contributed by atoms with Crippen molar-refractivity contribution >= 4 is 23.5 Å². The second-order valence-corrected chi connectivity index (χ2v) is 9.92. The molecule has 6 nitrogen and oxygen atoms in total. The van der Waals surface area contributed by atoms with Gasteiger partial charge in [0.25, 0.3) is 5.91 Å². The molecule has 0 unspecified atom stereocenters. The highest BCUT2D eigenvalue weighted by Gasteiger charge is 2.51. The fourth-order valence-corrected chi connectivity index (χ4v) is 6.48. The van der Waals surface area contributed by atoms with E-state index in [1.165, 1.54) is 19.3 Å². The van der Waals surface area contributed by atoms with E-state index in [-0.39, 0.29) is 22.2 Å². The lowest BCUT2D eigenvalue weighted by atomic mass is 9.53. The normalized spacial score (nSPS) is 31.0. The Balaban J connectivity index is 1.39. The summed E-state index contributed by atoms with van der Waals surface area (Å²) in [5.74, 6) is 1.45. The lowest BCUT2D eigenvalue weighted by Gasteiger charge is -2.57. The topological polar surface area (TPSA) is 73.2 Å². The summed E-state index contributed by atoms with van der Waals surface area (Å²) in [5.41, 5.74) is 0.701. The zero-order chi connectivity index (χ0) is 20.8. The summed E-state index contributed by atoms with van der Waals surface area (Å²) in [6, 6.07) is 0. The Morgan fingerprint density at radius 2 is 1.83 bits per heavy atom. The standard InChI is InChI=1S/C22H32ClN3O3/c1-4-5-6-26-19(23)18(13(2)25-26)21(28)29-14(3)20(27)24-22-10-15-7-16(11-22)9-17(8-15)12-22/h14-17H,4-12H2,1-3H3,(H,24,27)/t14-,15?,16?,17?,22?/m1/s1. The second kappa shape index (κ2) is 7.93. The Bertz CT molecular complexity index is 768. The van der Waals surface area contributed by atoms with Gasteiger partial charge in [-0.05, 0) is 76.5 Å². The average Bonchev–Trinajstić information content (AvgIpc) is 2.91. The minimum Gasteiger partial charge on any atom is -0.449 e. The molecule has 7 heteroatoms. The molecule has 0 aliphatic heterocycles. The number of aromatic nitrogens is 2. The maximum Gasteiger partial charge on any atom is 0.343 e. The zero-order valence-corrected chi connectivity index (χ0v) is 18.4. The van der Waals surface area contributed by atoms with Crippen LogP contribution in [0.15, 0.2) is 0 Å². The Hall–Kier alpha value is -1.56. The minimum absolute atomic E-state index is 0.0922. The first-order valence-electron chi connectivity index (χ1n) is 11.1. The fourth-order valence-electron chi connectivity index (χ4n) is 6.14. The van der Waals surface area contributed by atoms with E-state index in [1.807, 2.05) is 0 Å². The number of ether oxygens (including phenoxy) is 1. The van der Waals surface area contributed by atoms with Crippen molar-refractivity contribution in [1.82, 2.24) is 15.1 Å². The number of esters is 1. The van der Waals surface area contributed by atoms with Crippen LogP contribution >= 0.6 is 11.6 Å². The number of nitrogens with one attached hydrogen (secondary N) is 1. The van der Waals surface area contributed by atoms with Gasteiger partial charge in [0.15, 0.2) is 6.10 Å². The molecule has 1 heterocycles. The van der Waals surface area contributed by atoms with Gasteiger partial charge >= 0.3 is 5.97 Å². The summed E-state index contributed by atoms with van der Waals surface area (Å²) >= 11 is 6.37. The van der Waals surface area contributed by atoms with Crippen LogP contribution in [0.5, 0.6) is 0 Å². The number of rotatable bonds is 7. The first-order valence-corrected chi connectivity index (χ1v) is 11.4. The molecule has 0 saturated heterocycles. The van der Waals surface area contributed by atoms with Crippen LogP contribution in [0.1, 0.15) is 81.3 Å². The van der Waals surface area contributed by atoms with Crippen LogP contribution in [0, 0.1) is 24.7 Å². The summed E-state index contributed by atoms with van der Waals surface area (Å²) < 4.78 is 7.14. The lowest BCUT2D eigenvalue weighted by Crippen LogP contribution is -2.61. The third kappa shape index (κ3) is 4.05. The first-order chi connectivity index (χ1) is 13.8. The van der Waals surface area contributed by atoms with Gasteiger partial charge in [0.05, 0.1) is 5.69 Å². The third-order valence-electron chi connectivity index (χ3n) is 7.07. The Morgan fingerprint density at radius 1 is 1.24 bits per heavy atom. The van der Waals surface area contributed by atoms with Crippen LogP contribution < -0.4 is 5.32 Å². The smallest absolute Gasteiger partial charge is 0.343 e. The molecule has 4 fully saturated rings. The quantitative estimate of drug-likeness (QED) is 0.667. The molecular formula is C22H32ClN3O3. The number of carbonyl (C=O) groups is 2. The maximum atomic E-state index is 12.9. The molecule has 1 amide bonds. The van der Waals surface area contributed by atoms with Gasteiger partial charge in [-0.25, -0.2) is 4.79 Å². The van der Waals surface area contributed by atoms with Crippen molar-refractivity contribution < 1.29 is 14.3 Å². The van der Waals surface area contributed by atoms with Crippen LogP contribution in [0.3, 0.4) is 0 Å². The Morgan fingerprint density at radius 3 is 2.38 bits per heavy atom. The molecule has 0 spiro atoms. The van der Waals surface area contributed by atoms with Crippen molar-refractivity contribution in [2.75, 3.05) is 0 Å². The number of unbranched alkanes of at least 4 members (excludes halogenated alkanes) is 1. The van der Waals surface area contributed by atoms with Crippen LogP contribution in [-0.2, 0) is 16.1 Å². The molecule has 4 aliphatic rings. The average molecular weight is 422 g/mol. The number of amides is 1. The van der Waals surface area contributed by atoms with Crippen molar-refractivity contribution in [3.8, 4) is 0 Å². The predicted molar refractivity (Wildman–Crippen MR) is 111 cm³/mol. The number of nitrogens with zero attached hydrogens (tertiary/aromatic N) is 2. The van der Waals surface area contributed by atoms with Gasteiger partial charge in [0.2, 0.25) is 0 Å². The van der Waals surface area contributed by atoms with Crippen LogP contribution in [-0.4, -0.2) is 33.3 Å².